The Hall–Kier alpha value is -3.24. The maximum Gasteiger partial charge on any atom is 0.279 e. The van der Waals surface area contributed by atoms with Gasteiger partial charge in [-0.25, -0.2) is 0 Å². The molecule has 0 fully saturated rings. The Balaban J connectivity index is 1.80. The molecule has 142 valence electrons. The van der Waals surface area contributed by atoms with Crippen LogP contribution in [0.5, 0.6) is 0 Å². The van der Waals surface area contributed by atoms with Crippen LogP contribution in [-0.2, 0) is 4.79 Å². The molecule has 3 rings (SSSR count). The van der Waals surface area contributed by atoms with Crippen LogP contribution in [0.1, 0.15) is 34.5 Å². The first-order valence-corrected chi connectivity index (χ1v) is 9.38. The Bertz CT molecular complexity index is 900. The highest BCUT2D eigenvalue weighted by Crippen LogP contribution is 2.19. The summed E-state index contributed by atoms with van der Waals surface area (Å²) in [6.07, 6.45) is 0. The summed E-state index contributed by atoms with van der Waals surface area (Å²) in [6, 6.07) is 27.5. The Morgan fingerprint density at radius 3 is 1.86 bits per heavy atom. The summed E-state index contributed by atoms with van der Waals surface area (Å²) in [7, 11) is 2.02. The summed E-state index contributed by atoms with van der Waals surface area (Å²) in [5.74, 6) is -0.189. The van der Waals surface area contributed by atoms with E-state index in [4.69, 9.17) is 0 Å². The smallest absolute Gasteiger partial charge is 0.279 e. The minimum Gasteiger partial charge on any atom is -0.320 e. The van der Waals surface area contributed by atoms with Crippen molar-refractivity contribution < 1.29 is 14.5 Å². The molecule has 0 saturated heterocycles. The van der Waals surface area contributed by atoms with Crippen molar-refractivity contribution in [2.24, 2.45) is 0 Å². The zero-order valence-corrected chi connectivity index (χ0v) is 16.2. The molecule has 0 heterocycles. The number of hydrogen-bond donors (Lipinski definition) is 2. The van der Waals surface area contributed by atoms with Gasteiger partial charge < -0.3 is 10.2 Å². The molecular formula is C24H25N2O2+. The van der Waals surface area contributed by atoms with Crippen molar-refractivity contribution >= 4 is 17.4 Å². The van der Waals surface area contributed by atoms with E-state index in [1.54, 1.807) is 18.2 Å². The molecule has 0 aliphatic rings. The Labute approximate surface area is 165 Å². The number of hydrogen-bond acceptors (Lipinski definition) is 2. The molecule has 4 nitrogen and oxygen atoms in total. The van der Waals surface area contributed by atoms with Crippen LogP contribution in [0.2, 0.25) is 0 Å². The van der Waals surface area contributed by atoms with Crippen LogP contribution in [0.25, 0.3) is 0 Å². The average Bonchev–Trinajstić information content (AvgIpc) is 2.70. The summed E-state index contributed by atoms with van der Waals surface area (Å²) < 4.78 is 0. The van der Waals surface area contributed by atoms with E-state index in [-0.39, 0.29) is 24.3 Å². The van der Waals surface area contributed by atoms with Crippen LogP contribution in [-0.4, -0.2) is 25.3 Å². The number of likely N-dealkylation sites (N-methyl/N-ethyl adjacent to an activating group) is 1. The van der Waals surface area contributed by atoms with Gasteiger partial charge in [-0.3, -0.25) is 9.59 Å². The van der Waals surface area contributed by atoms with Crippen LogP contribution in [0.15, 0.2) is 84.9 Å². The SMILES string of the molecule is CC(=O)c1ccccc1NC(=O)C[NH+](C)C(c1ccccc1)c1ccccc1. The Morgan fingerprint density at radius 1 is 0.821 bits per heavy atom. The first kappa shape index (κ1) is 19.5. The van der Waals surface area contributed by atoms with Crippen LogP contribution in [0, 0.1) is 0 Å². The van der Waals surface area contributed by atoms with Crippen molar-refractivity contribution in [2.75, 3.05) is 18.9 Å². The third kappa shape index (κ3) is 4.72. The van der Waals surface area contributed by atoms with Crippen LogP contribution in [0.3, 0.4) is 0 Å². The number of amides is 1. The standard InChI is InChI=1S/C24H24N2O2/c1-18(27)21-15-9-10-16-22(21)25-23(28)17-26(2)24(19-11-5-3-6-12-19)20-13-7-4-8-14-20/h3-16,24H,17H2,1-2H3,(H,25,28)/p+1. The van der Waals surface area contributed by atoms with Gasteiger partial charge in [-0.2, -0.15) is 0 Å². The van der Waals surface area contributed by atoms with Crippen LogP contribution >= 0.6 is 0 Å². The molecule has 28 heavy (non-hydrogen) atoms. The van der Waals surface area contributed by atoms with Crippen molar-refractivity contribution in [3.8, 4) is 0 Å². The van der Waals surface area contributed by atoms with E-state index in [1.807, 2.05) is 49.5 Å². The third-order valence-electron chi connectivity index (χ3n) is 4.78. The fourth-order valence-corrected chi connectivity index (χ4v) is 3.50. The largest absolute Gasteiger partial charge is 0.320 e. The van der Waals surface area contributed by atoms with Gasteiger partial charge in [0, 0.05) is 16.7 Å². The van der Waals surface area contributed by atoms with Crippen molar-refractivity contribution in [3.63, 3.8) is 0 Å². The average molecular weight is 373 g/mol. The summed E-state index contributed by atoms with van der Waals surface area (Å²) in [4.78, 5) is 25.6. The molecule has 1 amide bonds. The number of anilines is 1. The second kappa shape index (κ2) is 9.11. The fraction of sp³-hybridized carbons (Fsp3) is 0.167. The van der Waals surface area contributed by atoms with Crippen LogP contribution in [0.4, 0.5) is 5.69 Å². The van der Waals surface area contributed by atoms with Crippen molar-refractivity contribution in [1.29, 1.82) is 0 Å². The predicted molar refractivity (Wildman–Crippen MR) is 112 cm³/mol. The third-order valence-corrected chi connectivity index (χ3v) is 4.78. The van der Waals surface area contributed by atoms with E-state index >= 15 is 0 Å². The molecule has 0 spiro atoms. The Morgan fingerprint density at radius 2 is 1.32 bits per heavy atom. The molecule has 4 heteroatoms. The number of quaternary nitrogens is 1. The van der Waals surface area contributed by atoms with Gasteiger partial charge in [0.25, 0.3) is 5.91 Å². The fourth-order valence-electron chi connectivity index (χ4n) is 3.50. The predicted octanol–water partition coefficient (Wildman–Crippen LogP) is 3.13. The highest BCUT2D eigenvalue weighted by molar-refractivity contribution is 6.03. The number of para-hydroxylation sites is 1. The number of ketones is 1. The maximum absolute atomic E-state index is 12.7. The number of carbonyl (C=O) groups is 2. The maximum atomic E-state index is 12.7. The van der Waals surface area contributed by atoms with Crippen molar-refractivity contribution in [2.45, 2.75) is 13.0 Å². The number of rotatable bonds is 7. The van der Waals surface area contributed by atoms with E-state index in [1.165, 1.54) is 6.92 Å². The molecule has 0 radical (unpaired) electrons. The Kier molecular flexibility index (Phi) is 6.35. The molecule has 3 aromatic rings. The zero-order valence-electron chi connectivity index (χ0n) is 16.2. The number of Topliss-reactive ketones (excluding diaryl/α,β-unsaturated/α-hetero) is 1. The second-order valence-electron chi connectivity index (χ2n) is 6.93. The monoisotopic (exact) mass is 373 g/mol. The molecule has 2 N–H and O–H groups in total. The van der Waals surface area contributed by atoms with Gasteiger partial charge in [-0.1, -0.05) is 72.8 Å². The molecule has 0 aliphatic heterocycles. The lowest BCUT2D eigenvalue weighted by atomic mass is 9.97. The lowest BCUT2D eigenvalue weighted by Crippen LogP contribution is -3.10. The van der Waals surface area contributed by atoms with Gasteiger partial charge in [0.15, 0.2) is 12.3 Å². The van der Waals surface area contributed by atoms with Gasteiger partial charge >= 0.3 is 0 Å². The lowest BCUT2D eigenvalue weighted by molar-refractivity contribution is -0.897. The van der Waals surface area contributed by atoms with Gasteiger partial charge in [0.1, 0.15) is 6.04 Å². The summed E-state index contributed by atoms with van der Waals surface area (Å²) in [6.45, 7) is 1.78. The molecule has 0 aromatic heterocycles. The molecule has 3 aromatic carbocycles. The molecule has 1 atom stereocenters. The van der Waals surface area contributed by atoms with Gasteiger partial charge in [-0.05, 0) is 19.1 Å². The van der Waals surface area contributed by atoms with E-state index < -0.39 is 0 Å². The quantitative estimate of drug-likeness (QED) is 0.625. The van der Waals surface area contributed by atoms with Gasteiger partial charge in [-0.15, -0.1) is 0 Å². The zero-order chi connectivity index (χ0) is 19.9. The van der Waals surface area contributed by atoms with Gasteiger partial charge in [0.05, 0.1) is 12.7 Å². The molecular weight excluding hydrogens is 348 g/mol. The minimum absolute atomic E-state index is 0.0381. The van der Waals surface area contributed by atoms with E-state index in [0.29, 0.717) is 11.3 Å². The van der Waals surface area contributed by atoms with E-state index in [9.17, 15) is 9.59 Å². The van der Waals surface area contributed by atoms with E-state index in [2.05, 4.69) is 29.6 Å². The van der Waals surface area contributed by atoms with Crippen molar-refractivity contribution in [3.05, 3.63) is 102 Å². The van der Waals surface area contributed by atoms with Gasteiger partial charge in [0.2, 0.25) is 0 Å². The molecule has 1 unspecified atom stereocenters. The van der Waals surface area contributed by atoms with Crippen LogP contribution < -0.4 is 10.2 Å². The first-order chi connectivity index (χ1) is 13.6. The summed E-state index contributed by atoms with van der Waals surface area (Å²) in [5, 5.41) is 2.90. The van der Waals surface area contributed by atoms with E-state index in [0.717, 1.165) is 16.0 Å². The number of nitrogens with one attached hydrogen (secondary N) is 2. The summed E-state index contributed by atoms with van der Waals surface area (Å²) >= 11 is 0. The second-order valence-corrected chi connectivity index (χ2v) is 6.93. The van der Waals surface area contributed by atoms with Crippen molar-refractivity contribution in [1.82, 2.24) is 0 Å². The highest BCUT2D eigenvalue weighted by Gasteiger charge is 2.25. The lowest BCUT2D eigenvalue weighted by Gasteiger charge is -2.25. The molecule has 0 aliphatic carbocycles. The first-order valence-electron chi connectivity index (χ1n) is 9.38. The normalized spacial score (nSPS) is 11.8. The highest BCUT2D eigenvalue weighted by atomic mass is 16.2. The number of carbonyl (C=O) groups excluding carboxylic acids is 2. The topological polar surface area (TPSA) is 50.6 Å². The molecule has 0 saturated carbocycles. The summed E-state index contributed by atoms with van der Waals surface area (Å²) in [5.41, 5.74) is 3.39. The minimum atomic E-state index is -0.122. The molecule has 0 bridgehead atoms. The number of benzene rings is 3.